The standard InChI is InChI=1S/C30H27N3O2S2/c1-20-8-7-11-24(18-20)28-29(36-30(33-28)23-12-14-26(15-13-23)37(3,34)35)25-16-17-31-27(19-25)32-21(2)22-9-5-4-6-10-22/h4-19,21H,1-3H3,(H,31,32)/t21-/m0/s1. The molecule has 2 heterocycles. The number of sulfone groups is 1. The average Bonchev–Trinajstić information content (AvgIpc) is 3.35. The van der Waals surface area contributed by atoms with Gasteiger partial charge in [0, 0.05) is 29.6 Å². The average molecular weight is 526 g/mol. The molecule has 1 N–H and O–H groups in total. The van der Waals surface area contributed by atoms with E-state index in [1.807, 2.05) is 48.7 Å². The van der Waals surface area contributed by atoms with Crippen LogP contribution < -0.4 is 5.32 Å². The van der Waals surface area contributed by atoms with Gasteiger partial charge in [-0.3, -0.25) is 0 Å². The van der Waals surface area contributed by atoms with Crippen LogP contribution in [0.3, 0.4) is 0 Å². The minimum Gasteiger partial charge on any atom is -0.364 e. The van der Waals surface area contributed by atoms with Gasteiger partial charge in [0.25, 0.3) is 0 Å². The maximum atomic E-state index is 11.9. The summed E-state index contributed by atoms with van der Waals surface area (Å²) in [6.45, 7) is 4.19. The van der Waals surface area contributed by atoms with Crippen molar-refractivity contribution in [2.75, 3.05) is 11.6 Å². The smallest absolute Gasteiger partial charge is 0.175 e. The Morgan fingerprint density at radius 3 is 2.30 bits per heavy atom. The van der Waals surface area contributed by atoms with E-state index in [0.717, 1.165) is 43.7 Å². The van der Waals surface area contributed by atoms with Crippen molar-refractivity contribution in [1.29, 1.82) is 0 Å². The van der Waals surface area contributed by atoms with Gasteiger partial charge in [0.15, 0.2) is 9.84 Å². The first-order valence-corrected chi connectivity index (χ1v) is 14.6. The molecule has 0 radical (unpaired) electrons. The number of rotatable bonds is 7. The van der Waals surface area contributed by atoms with E-state index < -0.39 is 9.84 Å². The number of nitrogens with one attached hydrogen (secondary N) is 1. The molecule has 37 heavy (non-hydrogen) atoms. The topological polar surface area (TPSA) is 72.0 Å². The summed E-state index contributed by atoms with van der Waals surface area (Å²) in [5.74, 6) is 0.788. The molecule has 0 fully saturated rings. The summed E-state index contributed by atoms with van der Waals surface area (Å²) >= 11 is 1.59. The third kappa shape index (κ3) is 5.63. The summed E-state index contributed by atoms with van der Waals surface area (Å²) in [5, 5.41) is 4.34. The van der Waals surface area contributed by atoms with Crippen molar-refractivity contribution in [3.63, 3.8) is 0 Å². The van der Waals surface area contributed by atoms with Gasteiger partial charge in [0.1, 0.15) is 10.8 Å². The minimum absolute atomic E-state index is 0.102. The normalized spacial score (nSPS) is 12.3. The highest BCUT2D eigenvalue weighted by Gasteiger charge is 2.18. The molecule has 1 atom stereocenters. The van der Waals surface area contributed by atoms with Gasteiger partial charge in [-0.25, -0.2) is 18.4 Å². The first-order valence-electron chi connectivity index (χ1n) is 11.9. The highest BCUT2D eigenvalue weighted by atomic mass is 32.2. The van der Waals surface area contributed by atoms with E-state index in [9.17, 15) is 8.42 Å². The number of aryl methyl sites for hydroxylation is 1. The van der Waals surface area contributed by atoms with Crippen LogP contribution in [-0.2, 0) is 9.84 Å². The molecule has 0 saturated carbocycles. The van der Waals surface area contributed by atoms with Gasteiger partial charge >= 0.3 is 0 Å². The number of hydrogen-bond acceptors (Lipinski definition) is 6. The number of pyridine rings is 1. The van der Waals surface area contributed by atoms with Crippen LogP contribution in [0.2, 0.25) is 0 Å². The van der Waals surface area contributed by atoms with Gasteiger partial charge in [0.2, 0.25) is 0 Å². The highest BCUT2D eigenvalue weighted by Crippen LogP contribution is 2.41. The number of thiazole rings is 1. The van der Waals surface area contributed by atoms with E-state index >= 15 is 0 Å². The number of aromatic nitrogens is 2. The molecule has 0 aliphatic rings. The third-order valence-electron chi connectivity index (χ3n) is 6.13. The fraction of sp³-hybridized carbons (Fsp3) is 0.133. The largest absolute Gasteiger partial charge is 0.364 e. The SMILES string of the molecule is Cc1cccc(-c2nc(-c3ccc(S(C)(=O)=O)cc3)sc2-c2ccnc(N[C@@H](C)c3ccccc3)c2)c1. The fourth-order valence-electron chi connectivity index (χ4n) is 4.17. The fourth-order valence-corrected chi connectivity index (χ4v) is 5.89. The lowest BCUT2D eigenvalue weighted by atomic mass is 10.1. The van der Waals surface area contributed by atoms with Gasteiger partial charge in [0.05, 0.1) is 15.5 Å². The minimum atomic E-state index is -3.26. The summed E-state index contributed by atoms with van der Waals surface area (Å²) < 4.78 is 23.8. The van der Waals surface area contributed by atoms with Crippen LogP contribution in [-0.4, -0.2) is 24.6 Å². The quantitative estimate of drug-likeness (QED) is 0.239. The summed E-state index contributed by atoms with van der Waals surface area (Å²) in [6.07, 6.45) is 3.03. The van der Waals surface area contributed by atoms with Crippen molar-refractivity contribution in [1.82, 2.24) is 9.97 Å². The Morgan fingerprint density at radius 1 is 0.838 bits per heavy atom. The lowest BCUT2D eigenvalue weighted by Gasteiger charge is -2.15. The molecular weight excluding hydrogens is 498 g/mol. The second-order valence-corrected chi connectivity index (χ2v) is 12.1. The van der Waals surface area contributed by atoms with E-state index in [-0.39, 0.29) is 6.04 Å². The molecule has 0 unspecified atom stereocenters. The van der Waals surface area contributed by atoms with Crippen LogP contribution in [0.1, 0.15) is 24.1 Å². The van der Waals surface area contributed by atoms with Crippen LogP contribution in [0.15, 0.2) is 102 Å². The Kier molecular flexibility index (Phi) is 6.91. The zero-order valence-electron chi connectivity index (χ0n) is 20.8. The van der Waals surface area contributed by atoms with Gasteiger partial charge in [-0.1, -0.05) is 66.2 Å². The first-order chi connectivity index (χ1) is 17.8. The Bertz CT molecular complexity index is 1640. The zero-order chi connectivity index (χ0) is 26.0. The van der Waals surface area contributed by atoms with E-state index in [1.165, 1.54) is 11.8 Å². The molecule has 5 nitrogen and oxygen atoms in total. The monoisotopic (exact) mass is 525 g/mol. The van der Waals surface area contributed by atoms with Crippen LogP contribution >= 0.6 is 11.3 Å². The predicted molar refractivity (Wildman–Crippen MR) is 153 cm³/mol. The Morgan fingerprint density at radius 2 is 1.59 bits per heavy atom. The predicted octanol–water partition coefficient (Wildman–Crippen LogP) is 7.42. The van der Waals surface area contributed by atoms with Gasteiger partial charge < -0.3 is 5.32 Å². The molecule has 3 aromatic carbocycles. The number of nitrogens with zero attached hydrogens (tertiary/aromatic N) is 2. The maximum Gasteiger partial charge on any atom is 0.175 e. The van der Waals surface area contributed by atoms with Crippen molar-refractivity contribution in [3.05, 3.63) is 108 Å². The Hall–Kier alpha value is -3.81. The van der Waals surface area contributed by atoms with Crippen molar-refractivity contribution in [2.24, 2.45) is 0 Å². The van der Waals surface area contributed by atoms with Crippen molar-refractivity contribution >= 4 is 27.0 Å². The molecule has 0 aliphatic carbocycles. The van der Waals surface area contributed by atoms with Crippen LogP contribution in [0.4, 0.5) is 5.82 Å². The lowest BCUT2D eigenvalue weighted by molar-refractivity contribution is 0.602. The molecule has 186 valence electrons. The molecule has 0 bridgehead atoms. The molecule has 0 amide bonds. The number of benzene rings is 3. The van der Waals surface area contributed by atoms with E-state index in [1.54, 1.807) is 23.5 Å². The molecule has 0 saturated heterocycles. The summed E-state index contributed by atoms with van der Waals surface area (Å²) in [7, 11) is -3.26. The van der Waals surface area contributed by atoms with Crippen LogP contribution in [0, 0.1) is 6.92 Å². The second-order valence-electron chi connectivity index (χ2n) is 9.07. The molecule has 5 rings (SSSR count). The zero-order valence-corrected chi connectivity index (χ0v) is 22.5. The van der Waals surface area contributed by atoms with Crippen LogP contribution in [0.5, 0.6) is 0 Å². The molecular formula is C30H27N3O2S2. The molecule has 0 aliphatic heterocycles. The number of hydrogen-bond donors (Lipinski definition) is 1. The Labute approximate surface area is 221 Å². The first kappa shape index (κ1) is 24.9. The van der Waals surface area contributed by atoms with E-state index in [0.29, 0.717) is 4.90 Å². The maximum absolute atomic E-state index is 11.9. The molecule has 0 spiro atoms. The molecule has 7 heteroatoms. The molecule has 2 aromatic heterocycles. The second kappa shape index (κ2) is 10.3. The van der Waals surface area contributed by atoms with Gasteiger partial charge in [-0.2, -0.15) is 0 Å². The summed E-state index contributed by atoms with van der Waals surface area (Å²) in [6, 6.07) is 29.7. The van der Waals surface area contributed by atoms with Crippen molar-refractivity contribution in [3.8, 4) is 32.3 Å². The van der Waals surface area contributed by atoms with Gasteiger partial charge in [-0.05, 0) is 55.3 Å². The highest BCUT2D eigenvalue weighted by molar-refractivity contribution is 7.90. The summed E-state index contributed by atoms with van der Waals surface area (Å²) in [4.78, 5) is 10.9. The van der Waals surface area contributed by atoms with Crippen molar-refractivity contribution in [2.45, 2.75) is 24.8 Å². The van der Waals surface area contributed by atoms with E-state index in [4.69, 9.17) is 4.98 Å². The lowest BCUT2D eigenvalue weighted by Crippen LogP contribution is -2.07. The number of anilines is 1. The van der Waals surface area contributed by atoms with Crippen LogP contribution in [0.25, 0.3) is 32.3 Å². The summed E-state index contributed by atoms with van der Waals surface area (Å²) in [5.41, 5.74) is 6.17. The third-order valence-corrected chi connectivity index (χ3v) is 8.42. The van der Waals surface area contributed by atoms with Gasteiger partial charge in [-0.15, -0.1) is 11.3 Å². The molecule has 5 aromatic rings. The Balaban J connectivity index is 1.56. The van der Waals surface area contributed by atoms with E-state index in [2.05, 4.69) is 60.5 Å². The van der Waals surface area contributed by atoms with Crippen molar-refractivity contribution < 1.29 is 8.42 Å².